The van der Waals surface area contributed by atoms with Crippen LogP contribution in [0.1, 0.15) is 31.0 Å². The van der Waals surface area contributed by atoms with Gasteiger partial charge in [-0.2, -0.15) is 0 Å². The molecule has 0 heterocycles. The summed E-state index contributed by atoms with van der Waals surface area (Å²) in [6, 6.07) is 6.99. The van der Waals surface area contributed by atoms with E-state index in [4.69, 9.17) is 5.11 Å². The molecule has 3 N–H and O–H groups in total. The van der Waals surface area contributed by atoms with E-state index in [0.717, 1.165) is 11.1 Å². The Hall–Kier alpha value is -1.88. The molecule has 0 radical (unpaired) electrons. The lowest BCUT2D eigenvalue weighted by Gasteiger charge is -2.17. The second-order valence-electron chi connectivity index (χ2n) is 4.59. The lowest BCUT2D eigenvalue weighted by Crippen LogP contribution is -2.42. The van der Waals surface area contributed by atoms with Crippen LogP contribution in [0.5, 0.6) is 0 Å². The van der Waals surface area contributed by atoms with Crippen molar-refractivity contribution in [3.63, 3.8) is 0 Å². The zero-order valence-electron chi connectivity index (χ0n) is 11.4. The number of carboxylic acid groups (broad SMARTS) is 1. The van der Waals surface area contributed by atoms with Gasteiger partial charge in [-0.1, -0.05) is 24.3 Å². The summed E-state index contributed by atoms with van der Waals surface area (Å²) in [4.78, 5) is 22.3. The molecule has 1 aromatic rings. The molecule has 0 spiro atoms. The van der Waals surface area contributed by atoms with E-state index in [0.29, 0.717) is 0 Å². The van der Waals surface area contributed by atoms with Crippen molar-refractivity contribution < 1.29 is 14.7 Å². The average molecular weight is 264 g/mol. The molecule has 2 unspecified atom stereocenters. The van der Waals surface area contributed by atoms with Crippen LogP contribution >= 0.6 is 0 Å². The molecule has 1 aromatic carbocycles. The van der Waals surface area contributed by atoms with Crippen molar-refractivity contribution in [1.82, 2.24) is 10.6 Å². The summed E-state index contributed by atoms with van der Waals surface area (Å²) in [5.41, 5.74) is 2.17. The van der Waals surface area contributed by atoms with Crippen LogP contribution in [0.25, 0.3) is 0 Å². The number of nitrogens with one attached hydrogen (secondary N) is 2. The number of carboxylic acids is 1. The minimum absolute atomic E-state index is 0.0102. The number of rotatable bonds is 6. The third-order valence-electron chi connectivity index (χ3n) is 2.97. The van der Waals surface area contributed by atoms with E-state index in [9.17, 15) is 9.59 Å². The van der Waals surface area contributed by atoms with Crippen LogP contribution < -0.4 is 10.6 Å². The minimum Gasteiger partial charge on any atom is -0.480 e. The first-order valence-electron chi connectivity index (χ1n) is 6.23. The highest BCUT2D eigenvalue weighted by Gasteiger charge is 2.14. The van der Waals surface area contributed by atoms with Crippen LogP contribution in [0, 0.1) is 6.92 Å². The van der Waals surface area contributed by atoms with Crippen LogP contribution in [-0.4, -0.2) is 29.6 Å². The summed E-state index contributed by atoms with van der Waals surface area (Å²) >= 11 is 0. The largest absolute Gasteiger partial charge is 0.480 e. The molecule has 1 amide bonds. The molecule has 19 heavy (non-hydrogen) atoms. The van der Waals surface area contributed by atoms with Crippen LogP contribution in [0.3, 0.4) is 0 Å². The second kappa shape index (κ2) is 6.89. The van der Waals surface area contributed by atoms with Crippen molar-refractivity contribution in [2.75, 3.05) is 6.54 Å². The zero-order valence-corrected chi connectivity index (χ0v) is 11.4. The number of hydrogen-bond acceptors (Lipinski definition) is 3. The molecule has 0 aliphatic heterocycles. The summed E-state index contributed by atoms with van der Waals surface area (Å²) in [7, 11) is 0. The SMILES string of the molecule is Cc1ccccc1C(C)NC(=O)CNC(C)C(=O)O. The van der Waals surface area contributed by atoms with Gasteiger partial charge in [0.1, 0.15) is 6.04 Å². The van der Waals surface area contributed by atoms with Gasteiger partial charge < -0.3 is 10.4 Å². The molecule has 5 heteroatoms. The van der Waals surface area contributed by atoms with Gasteiger partial charge in [-0.25, -0.2) is 0 Å². The quantitative estimate of drug-likeness (QED) is 0.722. The molecule has 0 saturated carbocycles. The fourth-order valence-electron chi connectivity index (χ4n) is 1.78. The van der Waals surface area contributed by atoms with Gasteiger partial charge in [0.2, 0.25) is 5.91 Å². The van der Waals surface area contributed by atoms with Gasteiger partial charge in [0.15, 0.2) is 0 Å². The third kappa shape index (κ3) is 4.71. The molecular weight excluding hydrogens is 244 g/mol. The van der Waals surface area contributed by atoms with Crippen molar-refractivity contribution >= 4 is 11.9 Å². The van der Waals surface area contributed by atoms with E-state index >= 15 is 0 Å². The smallest absolute Gasteiger partial charge is 0.320 e. The maximum atomic E-state index is 11.7. The maximum Gasteiger partial charge on any atom is 0.320 e. The van der Waals surface area contributed by atoms with E-state index in [-0.39, 0.29) is 18.5 Å². The van der Waals surface area contributed by atoms with Crippen molar-refractivity contribution in [3.8, 4) is 0 Å². The van der Waals surface area contributed by atoms with Gasteiger partial charge in [0.25, 0.3) is 0 Å². The van der Waals surface area contributed by atoms with Crippen LogP contribution in [0.15, 0.2) is 24.3 Å². The minimum atomic E-state index is -0.972. The third-order valence-corrected chi connectivity index (χ3v) is 2.97. The first-order valence-corrected chi connectivity index (χ1v) is 6.23. The number of hydrogen-bond donors (Lipinski definition) is 3. The number of carbonyl (C=O) groups is 2. The van der Waals surface area contributed by atoms with Crippen LogP contribution in [0.2, 0.25) is 0 Å². The van der Waals surface area contributed by atoms with Gasteiger partial charge in [-0.3, -0.25) is 14.9 Å². The highest BCUT2D eigenvalue weighted by atomic mass is 16.4. The summed E-state index contributed by atoms with van der Waals surface area (Å²) in [6.45, 7) is 5.38. The van der Waals surface area contributed by atoms with E-state index in [1.165, 1.54) is 6.92 Å². The lowest BCUT2D eigenvalue weighted by atomic mass is 10.0. The van der Waals surface area contributed by atoms with E-state index < -0.39 is 12.0 Å². The van der Waals surface area contributed by atoms with Gasteiger partial charge in [0.05, 0.1) is 12.6 Å². The van der Waals surface area contributed by atoms with Gasteiger partial charge in [-0.05, 0) is 31.9 Å². The predicted molar refractivity (Wildman–Crippen MR) is 72.8 cm³/mol. The van der Waals surface area contributed by atoms with Gasteiger partial charge in [0, 0.05) is 0 Å². The number of benzene rings is 1. The van der Waals surface area contributed by atoms with Crippen molar-refractivity contribution in [2.24, 2.45) is 0 Å². The van der Waals surface area contributed by atoms with E-state index in [1.54, 1.807) is 0 Å². The molecule has 1 rings (SSSR count). The monoisotopic (exact) mass is 264 g/mol. The highest BCUT2D eigenvalue weighted by molar-refractivity contribution is 5.80. The topological polar surface area (TPSA) is 78.4 Å². The Morgan fingerprint density at radius 3 is 2.47 bits per heavy atom. The second-order valence-corrected chi connectivity index (χ2v) is 4.59. The predicted octanol–water partition coefficient (Wildman–Crippen LogP) is 1.23. The molecule has 2 atom stereocenters. The molecule has 0 aliphatic carbocycles. The van der Waals surface area contributed by atoms with Gasteiger partial charge in [-0.15, -0.1) is 0 Å². The Labute approximate surface area is 113 Å². The Balaban J connectivity index is 2.49. The fraction of sp³-hybridized carbons (Fsp3) is 0.429. The standard InChI is InChI=1S/C14H20N2O3/c1-9-6-4-5-7-12(9)10(2)16-13(17)8-15-11(3)14(18)19/h4-7,10-11,15H,8H2,1-3H3,(H,16,17)(H,18,19). The van der Waals surface area contributed by atoms with Crippen molar-refractivity contribution in [2.45, 2.75) is 32.9 Å². The molecule has 0 saturated heterocycles. The zero-order chi connectivity index (χ0) is 14.4. The van der Waals surface area contributed by atoms with Crippen molar-refractivity contribution in [3.05, 3.63) is 35.4 Å². The molecule has 0 aromatic heterocycles. The summed E-state index contributed by atoms with van der Waals surface area (Å²) < 4.78 is 0. The Bertz CT molecular complexity index is 460. The molecular formula is C14H20N2O3. The molecule has 0 aliphatic rings. The molecule has 104 valence electrons. The Kier molecular flexibility index (Phi) is 5.51. The number of aryl methyl sites for hydroxylation is 1. The highest BCUT2D eigenvalue weighted by Crippen LogP contribution is 2.16. The summed E-state index contributed by atoms with van der Waals surface area (Å²) in [5, 5.41) is 14.2. The van der Waals surface area contributed by atoms with E-state index in [2.05, 4.69) is 10.6 Å². The van der Waals surface area contributed by atoms with Crippen molar-refractivity contribution in [1.29, 1.82) is 0 Å². The Morgan fingerprint density at radius 1 is 1.26 bits per heavy atom. The van der Waals surface area contributed by atoms with Gasteiger partial charge >= 0.3 is 5.97 Å². The number of aliphatic carboxylic acids is 1. The first-order chi connectivity index (χ1) is 8.91. The maximum absolute atomic E-state index is 11.7. The summed E-state index contributed by atoms with van der Waals surface area (Å²) in [5.74, 6) is -1.19. The molecule has 5 nitrogen and oxygen atoms in total. The normalized spacial score (nSPS) is 13.6. The molecule has 0 fully saturated rings. The van der Waals surface area contributed by atoms with E-state index in [1.807, 2.05) is 38.1 Å². The Morgan fingerprint density at radius 2 is 1.89 bits per heavy atom. The van der Waals surface area contributed by atoms with Crippen LogP contribution in [-0.2, 0) is 9.59 Å². The average Bonchev–Trinajstić information content (AvgIpc) is 2.36. The number of amides is 1. The first kappa shape index (κ1) is 15.2. The van der Waals surface area contributed by atoms with Crippen LogP contribution in [0.4, 0.5) is 0 Å². The number of carbonyl (C=O) groups excluding carboxylic acids is 1. The fourth-order valence-corrected chi connectivity index (χ4v) is 1.78. The lowest BCUT2D eigenvalue weighted by molar-refractivity contribution is -0.139. The molecule has 0 bridgehead atoms. The summed E-state index contributed by atoms with van der Waals surface area (Å²) in [6.07, 6.45) is 0.